The molecule has 6 heteroatoms. The van der Waals surface area contributed by atoms with Crippen molar-refractivity contribution in [2.75, 3.05) is 0 Å². The summed E-state index contributed by atoms with van der Waals surface area (Å²) in [6, 6.07) is -1.44. The predicted molar refractivity (Wildman–Crippen MR) is 77.6 cm³/mol. The maximum Gasteiger partial charge on any atom is 0.242 e. The van der Waals surface area contributed by atoms with Gasteiger partial charge in [-0.05, 0) is 12.8 Å². The van der Waals surface area contributed by atoms with Crippen molar-refractivity contribution in [3.63, 3.8) is 0 Å². The Morgan fingerprint density at radius 2 is 1.60 bits per heavy atom. The highest BCUT2D eigenvalue weighted by Crippen LogP contribution is 2.13. The van der Waals surface area contributed by atoms with Gasteiger partial charge in [0, 0.05) is 5.41 Å². The van der Waals surface area contributed by atoms with Crippen LogP contribution >= 0.6 is 0 Å². The molecule has 0 bridgehead atoms. The Morgan fingerprint density at radius 3 is 1.95 bits per heavy atom. The Morgan fingerprint density at radius 1 is 1.10 bits per heavy atom. The van der Waals surface area contributed by atoms with Crippen LogP contribution in [0.1, 0.15) is 48.0 Å². The van der Waals surface area contributed by atoms with Gasteiger partial charge in [-0.1, -0.05) is 41.0 Å². The molecule has 0 aromatic carbocycles. The van der Waals surface area contributed by atoms with Gasteiger partial charge in [-0.25, -0.2) is 0 Å². The maximum absolute atomic E-state index is 12.0. The van der Waals surface area contributed by atoms with Gasteiger partial charge >= 0.3 is 0 Å². The molecular formula is C14H27N3O3. The number of nitrogens with one attached hydrogen (secondary N) is 2. The monoisotopic (exact) mass is 285 g/mol. The highest BCUT2D eigenvalue weighted by Gasteiger charge is 2.28. The third-order valence-electron chi connectivity index (χ3n) is 3.24. The molecule has 0 saturated carbocycles. The summed E-state index contributed by atoms with van der Waals surface area (Å²) in [5, 5.41) is 5.21. The molecule has 0 saturated heterocycles. The first-order valence-electron chi connectivity index (χ1n) is 6.91. The molecule has 0 heterocycles. The Bertz CT molecular complexity index is 374. The lowest BCUT2D eigenvalue weighted by molar-refractivity contribution is -0.134. The second kappa shape index (κ2) is 7.26. The second-order valence-corrected chi connectivity index (χ2v) is 6.22. The number of carbonyl (C=O) groups excluding carboxylic acids is 3. The quantitative estimate of drug-likeness (QED) is 0.664. The first-order chi connectivity index (χ1) is 9.00. The van der Waals surface area contributed by atoms with Crippen LogP contribution in [0, 0.1) is 11.3 Å². The molecule has 20 heavy (non-hydrogen) atoms. The van der Waals surface area contributed by atoms with E-state index in [1.165, 1.54) is 0 Å². The van der Waals surface area contributed by atoms with E-state index >= 15 is 0 Å². The molecule has 3 amide bonds. The SMILES string of the molecule is CCC(C)C(NC(=O)C(C)NC(=O)C(C)(C)C)C(N)=O. The van der Waals surface area contributed by atoms with Gasteiger partial charge in [-0.3, -0.25) is 14.4 Å². The fourth-order valence-corrected chi connectivity index (χ4v) is 1.49. The van der Waals surface area contributed by atoms with Crippen LogP contribution in [0.25, 0.3) is 0 Å². The van der Waals surface area contributed by atoms with Crippen molar-refractivity contribution in [3.8, 4) is 0 Å². The first kappa shape index (κ1) is 18.4. The summed E-state index contributed by atoms with van der Waals surface area (Å²) in [6.07, 6.45) is 0.719. The molecule has 0 spiro atoms. The minimum absolute atomic E-state index is 0.0537. The Balaban J connectivity index is 4.66. The van der Waals surface area contributed by atoms with Gasteiger partial charge in [0.05, 0.1) is 0 Å². The summed E-state index contributed by atoms with van der Waals surface area (Å²) < 4.78 is 0. The molecular weight excluding hydrogens is 258 g/mol. The van der Waals surface area contributed by atoms with Crippen molar-refractivity contribution in [1.29, 1.82) is 0 Å². The van der Waals surface area contributed by atoms with Crippen molar-refractivity contribution in [2.24, 2.45) is 17.1 Å². The van der Waals surface area contributed by atoms with Gasteiger partial charge < -0.3 is 16.4 Å². The summed E-state index contributed by atoms with van der Waals surface area (Å²) >= 11 is 0. The molecule has 0 aromatic rings. The fraction of sp³-hybridized carbons (Fsp3) is 0.786. The van der Waals surface area contributed by atoms with E-state index in [2.05, 4.69) is 10.6 Å². The molecule has 0 aromatic heterocycles. The van der Waals surface area contributed by atoms with Gasteiger partial charge in [0.2, 0.25) is 17.7 Å². The van der Waals surface area contributed by atoms with Crippen LogP contribution in [0.3, 0.4) is 0 Å². The zero-order valence-electron chi connectivity index (χ0n) is 13.2. The summed E-state index contributed by atoms with van der Waals surface area (Å²) in [5.74, 6) is -1.25. The Kier molecular flexibility index (Phi) is 6.68. The zero-order valence-corrected chi connectivity index (χ0v) is 13.2. The molecule has 4 N–H and O–H groups in total. The highest BCUT2D eigenvalue weighted by atomic mass is 16.2. The molecule has 3 unspecified atom stereocenters. The Labute approximate surface area is 120 Å². The lowest BCUT2D eigenvalue weighted by atomic mass is 9.95. The molecule has 0 rings (SSSR count). The highest BCUT2D eigenvalue weighted by molar-refractivity contribution is 5.92. The lowest BCUT2D eigenvalue weighted by Gasteiger charge is -2.25. The standard InChI is InChI=1S/C14H27N3O3/c1-7-8(2)10(11(15)18)17-12(19)9(3)16-13(20)14(4,5)6/h8-10H,7H2,1-6H3,(H2,15,18)(H,16,20)(H,17,19). The minimum atomic E-state index is -0.721. The molecule has 0 aliphatic rings. The Hall–Kier alpha value is -1.59. The number of nitrogens with two attached hydrogens (primary N) is 1. The van der Waals surface area contributed by atoms with E-state index in [0.29, 0.717) is 0 Å². The van der Waals surface area contributed by atoms with E-state index < -0.39 is 29.3 Å². The summed E-state index contributed by atoms with van der Waals surface area (Å²) in [5.41, 5.74) is 4.72. The smallest absolute Gasteiger partial charge is 0.242 e. The van der Waals surface area contributed by atoms with Crippen LogP contribution in [0.4, 0.5) is 0 Å². The summed E-state index contributed by atoms with van der Waals surface area (Å²) in [6.45, 7) is 10.6. The minimum Gasteiger partial charge on any atom is -0.368 e. The normalized spacial score (nSPS) is 15.9. The summed E-state index contributed by atoms with van der Waals surface area (Å²) in [7, 11) is 0. The van der Waals surface area contributed by atoms with E-state index in [1.807, 2.05) is 13.8 Å². The zero-order chi connectivity index (χ0) is 16.1. The van der Waals surface area contributed by atoms with Crippen molar-refractivity contribution in [1.82, 2.24) is 10.6 Å². The lowest BCUT2D eigenvalue weighted by Crippen LogP contribution is -2.55. The third kappa shape index (κ3) is 5.59. The van der Waals surface area contributed by atoms with E-state index in [9.17, 15) is 14.4 Å². The number of amides is 3. The molecule has 116 valence electrons. The van der Waals surface area contributed by atoms with Gasteiger partial charge in [0.25, 0.3) is 0 Å². The third-order valence-corrected chi connectivity index (χ3v) is 3.24. The average molecular weight is 285 g/mol. The van der Waals surface area contributed by atoms with E-state index in [-0.39, 0.29) is 11.8 Å². The van der Waals surface area contributed by atoms with Crippen LogP contribution < -0.4 is 16.4 Å². The van der Waals surface area contributed by atoms with Crippen LogP contribution in [0.2, 0.25) is 0 Å². The topological polar surface area (TPSA) is 101 Å². The van der Waals surface area contributed by atoms with Crippen molar-refractivity contribution < 1.29 is 14.4 Å². The number of rotatable bonds is 6. The van der Waals surface area contributed by atoms with E-state index in [0.717, 1.165) is 6.42 Å². The molecule has 0 aliphatic heterocycles. The number of hydrogen-bond donors (Lipinski definition) is 3. The number of carbonyl (C=O) groups is 3. The first-order valence-corrected chi connectivity index (χ1v) is 6.91. The summed E-state index contributed by atoms with van der Waals surface area (Å²) in [4.78, 5) is 35.2. The van der Waals surface area contributed by atoms with Crippen LogP contribution in [-0.2, 0) is 14.4 Å². The molecule has 0 aliphatic carbocycles. The van der Waals surface area contributed by atoms with Crippen molar-refractivity contribution in [2.45, 2.75) is 60.0 Å². The van der Waals surface area contributed by atoms with Gasteiger partial charge in [0.15, 0.2) is 0 Å². The maximum atomic E-state index is 12.0. The molecule has 0 radical (unpaired) electrons. The molecule has 0 fully saturated rings. The largest absolute Gasteiger partial charge is 0.368 e. The van der Waals surface area contributed by atoms with Crippen LogP contribution in [0.15, 0.2) is 0 Å². The van der Waals surface area contributed by atoms with Gasteiger partial charge in [0.1, 0.15) is 12.1 Å². The average Bonchev–Trinajstić information content (AvgIpc) is 2.32. The number of hydrogen-bond acceptors (Lipinski definition) is 3. The second-order valence-electron chi connectivity index (χ2n) is 6.22. The van der Waals surface area contributed by atoms with E-state index in [4.69, 9.17) is 5.73 Å². The number of primary amides is 1. The van der Waals surface area contributed by atoms with Crippen LogP contribution in [0.5, 0.6) is 0 Å². The molecule has 3 atom stereocenters. The van der Waals surface area contributed by atoms with Gasteiger partial charge in [-0.15, -0.1) is 0 Å². The van der Waals surface area contributed by atoms with Crippen molar-refractivity contribution in [3.05, 3.63) is 0 Å². The fourth-order valence-electron chi connectivity index (χ4n) is 1.49. The molecule has 6 nitrogen and oxygen atoms in total. The van der Waals surface area contributed by atoms with Gasteiger partial charge in [-0.2, -0.15) is 0 Å². The van der Waals surface area contributed by atoms with E-state index in [1.54, 1.807) is 27.7 Å². The van der Waals surface area contributed by atoms with Crippen LogP contribution in [-0.4, -0.2) is 29.8 Å². The predicted octanol–water partition coefficient (Wildman–Crippen LogP) is 0.553. The van der Waals surface area contributed by atoms with Crippen molar-refractivity contribution >= 4 is 17.7 Å².